The first-order valence-corrected chi connectivity index (χ1v) is 6.51. The second kappa shape index (κ2) is 6.58. The van der Waals surface area contributed by atoms with Gasteiger partial charge in [0.1, 0.15) is 0 Å². The number of rotatable bonds is 8. The van der Waals surface area contributed by atoms with Crippen LogP contribution in [0.1, 0.15) is 40.5 Å². The molecule has 1 atom stereocenters. The molecule has 96 valence electrons. The smallest absolute Gasteiger partial charge is 0.168 e. The summed E-state index contributed by atoms with van der Waals surface area (Å²) in [5, 5.41) is 0. The normalized spacial score (nSPS) is 19.5. The lowest BCUT2D eigenvalue weighted by Gasteiger charge is -2.40. The minimum Gasteiger partial charge on any atom is -0.381 e. The van der Waals surface area contributed by atoms with E-state index in [2.05, 4.69) is 13.8 Å². The van der Waals surface area contributed by atoms with Crippen LogP contribution in [0, 0.1) is 11.8 Å². The fourth-order valence-electron chi connectivity index (χ4n) is 2.43. The van der Waals surface area contributed by atoms with Crippen LogP contribution < -0.4 is 0 Å². The Hall–Kier alpha value is -0.120. The summed E-state index contributed by atoms with van der Waals surface area (Å²) < 4.78 is 16.9. The van der Waals surface area contributed by atoms with Crippen LogP contribution in [0.5, 0.6) is 0 Å². The maximum absolute atomic E-state index is 5.83. The summed E-state index contributed by atoms with van der Waals surface area (Å²) in [5.41, 5.74) is 0. The Morgan fingerprint density at radius 1 is 1.19 bits per heavy atom. The quantitative estimate of drug-likeness (QED) is 0.600. The minimum absolute atomic E-state index is 0.423. The summed E-state index contributed by atoms with van der Waals surface area (Å²) in [6.07, 6.45) is 2.24. The third kappa shape index (κ3) is 3.44. The molecule has 16 heavy (non-hydrogen) atoms. The van der Waals surface area contributed by atoms with E-state index in [9.17, 15) is 0 Å². The van der Waals surface area contributed by atoms with E-state index >= 15 is 0 Å². The fourth-order valence-corrected chi connectivity index (χ4v) is 2.43. The third-order valence-electron chi connectivity index (χ3n) is 3.42. The van der Waals surface area contributed by atoms with Crippen molar-refractivity contribution in [1.29, 1.82) is 0 Å². The highest BCUT2D eigenvalue weighted by atomic mass is 16.7. The molecule has 0 N–H and O–H groups in total. The lowest BCUT2D eigenvalue weighted by molar-refractivity contribution is -0.258. The van der Waals surface area contributed by atoms with E-state index in [-0.39, 0.29) is 0 Å². The molecule has 1 heterocycles. The van der Waals surface area contributed by atoms with E-state index in [1.54, 1.807) is 0 Å². The molecular formula is C13H26O3. The van der Waals surface area contributed by atoms with E-state index in [0.29, 0.717) is 25.0 Å². The molecule has 1 aliphatic rings. The Bertz CT molecular complexity index is 184. The molecule has 1 rings (SSSR count). The topological polar surface area (TPSA) is 27.7 Å². The Labute approximate surface area is 99.5 Å². The monoisotopic (exact) mass is 230 g/mol. The second-order valence-corrected chi connectivity index (χ2v) is 4.63. The molecule has 1 fully saturated rings. The molecule has 0 aliphatic carbocycles. The van der Waals surface area contributed by atoms with Crippen LogP contribution in [0.4, 0.5) is 0 Å². The lowest BCUT2D eigenvalue weighted by atomic mass is 9.85. The van der Waals surface area contributed by atoms with Crippen molar-refractivity contribution in [2.75, 3.05) is 26.4 Å². The highest BCUT2D eigenvalue weighted by Crippen LogP contribution is 2.33. The summed E-state index contributed by atoms with van der Waals surface area (Å²) in [6, 6.07) is 0. The zero-order chi connectivity index (χ0) is 12.0. The van der Waals surface area contributed by atoms with Crippen molar-refractivity contribution in [3.63, 3.8) is 0 Å². The van der Waals surface area contributed by atoms with Gasteiger partial charge < -0.3 is 14.2 Å². The second-order valence-electron chi connectivity index (χ2n) is 4.63. The summed E-state index contributed by atoms with van der Waals surface area (Å²) in [6.45, 7) is 11.6. The Balaban J connectivity index is 2.55. The first kappa shape index (κ1) is 13.9. The first-order valence-electron chi connectivity index (χ1n) is 6.51. The van der Waals surface area contributed by atoms with Crippen molar-refractivity contribution in [2.45, 2.75) is 46.3 Å². The number of hydrogen-bond donors (Lipinski definition) is 0. The van der Waals surface area contributed by atoms with Crippen LogP contribution in [-0.2, 0) is 14.2 Å². The van der Waals surface area contributed by atoms with E-state index in [0.717, 1.165) is 26.1 Å². The molecule has 3 heteroatoms. The standard InChI is InChI=1S/C13H26O3/c1-5-12(8-11-9-14-10-11)13(4,15-6-2)16-7-3/h11-12H,5-10H2,1-4H3. The zero-order valence-corrected chi connectivity index (χ0v) is 11.1. The highest BCUT2D eigenvalue weighted by Gasteiger charge is 2.37. The minimum atomic E-state index is -0.423. The van der Waals surface area contributed by atoms with Crippen molar-refractivity contribution >= 4 is 0 Å². The molecule has 0 aromatic heterocycles. The van der Waals surface area contributed by atoms with Gasteiger partial charge in [-0.1, -0.05) is 6.92 Å². The Morgan fingerprint density at radius 3 is 2.06 bits per heavy atom. The summed E-state index contributed by atoms with van der Waals surface area (Å²) >= 11 is 0. The van der Waals surface area contributed by atoms with Gasteiger partial charge in [-0.3, -0.25) is 0 Å². The van der Waals surface area contributed by atoms with Crippen LogP contribution >= 0.6 is 0 Å². The molecular weight excluding hydrogens is 204 g/mol. The summed E-state index contributed by atoms with van der Waals surface area (Å²) in [5.74, 6) is 0.736. The van der Waals surface area contributed by atoms with Crippen molar-refractivity contribution < 1.29 is 14.2 Å². The SMILES string of the molecule is CCOC(C)(OCC)C(CC)CC1COC1. The van der Waals surface area contributed by atoms with Crippen LogP contribution in [-0.4, -0.2) is 32.2 Å². The molecule has 0 amide bonds. The number of ether oxygens (including phenoxy) is 3. The largest absolute Gasteiger partial charge is 0.381 e. The first-order chi connectivity index (χ1) is 7.66. The zero-order valence-electron chi connectivity index (χ0n) is 11.1. The van der Waals surface area contributed by atoms with E-state index in [1.807, 2.05) is 13.8 Å². The molecule has 0 aromatic rings. The van der Waals surface area contributed by atoms with E-state index in [1.165, 1.54) is 0 Å². The predicted octanol–water partition coefficient (Wildman–Crippen LogP) is 2.84. The molecule has 0 radical (unpaired) electrons. The maximum Gasteiger partial charge on any atom is 0.168 e. The van der Waals surface area contributed by atoms with Crippen molar-refractivity contribution in [3.05, 3.63) is 0 Å². The van der Waals surface area contributed by atoms with Gasteiger partial charge in [0.05, 0.1) is 13.2 Å². The average molecular weight is 230 g/mol. The van der Waals surface area contributed by atoms with Gasteiger partial charge >= 0.3 is 0 Å². The molecule has 1 aliphatic heterocycles. The summed E-state index contributed by atoms with van der Waals surface area (Å²) in [4.78, 5) is 0. The van der Waals surface area contributed by atoms with Crippen LogP contribution in [0.15, 0.2) is 0 Å². The van der Waals surface area contributed by atoms with Crippen LogP contribution in [0.25, 0.3) is 0 Å². The van der Waals surface area contributed by atoms with E-state index in [4.69, 9.17) is 14.2 Å². The molecule has 1 unspecified atom stereocenters. The van der Waals surface area contributed by atoms with Crippen molar-refractivity contribution in [1.82, 2.24) is 0 Å². The van der Waals surface area contributed by atoms with Gasteiger partial charge in [0.25, 0.3) is 0 Å². The third-order valence-corrected chi connectivity index (χ3v) is 3.42. The van der Waals surface area contributed by atoms with Gasteiger partial charge in [0, 0.05) is 25.0 Å². The molecule has 0 saturated carbocycles. The van der Waals surface area contributed by atoms with E-state index < -0.39 is 5.79 Å². The lowest BCUT2D eigenvalue weighted by Crippen LogP contribution is -2.43. The molecule has 0 bridgehead atoms. The van der Waals surface area contributed by atoms with Crippen LogP contribution in [0.2, 0.25) is 0 Å². The van der Waals surface area contributed by atoms with Crippen LogP contribution in [0.3, 0.4) is 0 Å². The van der Waals surface area contributed by atoms with Gasteiger partial charge in [0.2, 0.25) is 0 Å². The molecule has 0 spiro atoms. The molecule has 1 saturated heterocycles. The fraction of sp³-hybridized carbons (Fsp3) is 1.00. The van der Waals surface area contributed by atoms with Gasteiger partial charge in [-0.15, -0.1) is 0 Å². The Morgan fingerprint density at radius 2 is 1.75 bits per heavy atom. The van der Waals surface area contributed by atoms with Gasteiger partial charge in [-0.25, -0.2) is 0 Å². The van der Waals surface area contributed by atoms with Gasteiger partial charge in [0.15, 0.2) is 5.79 Å². The van der Waals surface area contributed by atoms with Crippen molar-refractivity contribution in [2.24, 2.45) is 11.8 Å². The maximum atomic E-state index is 5.83. The van der Waals surface area contributed by atoms with Crippen molar-refractivity contribution in [3.8, 4) is 0 Å². The predicted molar refractivity (Wildman–Crippen MR) is 64.4 cm³/mol. The average Bonchev–Trinajstić information content (AvgIpc) is 2.16. The summed E-state index contributed by atoms with van der Waals surface area (Å²) in [7, 11) is 0. The Kier molecular flexibility index (Phi) is 5.73. The number of hydrogen-bond acceptors (Lipinski definition) is 3. The molecule has 0 aromatic carbocycles. The van der Waals surface area contributed by atoms with Gasteiger partial charge in [-0.05, 0) is 33.6 Å². The molecule has 3 nitrogen and oxygen atoms in total. The highest BCUT2D eigenvalue weighted by molar-refractivity contribution is 4.79. The van der Waals surface area contributed by atoms with Gasteiger partial charge in [-0.2, -0.15) is 0 Å².